The second kappa shape index (κ2) is 7.52. The highest BCUT2D eigenvalue weighted by molar-refractivity contribution is 5.70. The van der Waals surface area contributed by atoms with Crippen LogP contribution in [0, 0.1) is 0 Å². The molecular weight excluding hydrogens is 274 g/mol. The van der Waals surface area contributed by atoms with Gasteiger partial charge < -0.3 is 19.9 Å². The van der Waals surface area contributed by atoms with E-state index in [4.69, 9.17) is 14.6 Å². The van der Waals surface area contributed by atoms with Crippen LogP contribution in [0.15, 0.2) is 24.3 Å². The number of benzene rings is 1. The maximum atomic E-state index is 11.4. The summed E-state index contributed by atoms with van der Waals surface area (Å²) in [5, 5.41) is 11.2. The van der Waals surface area contributed by atoms with E-state index < -0.39 is 17.7 Å². The number of hydrogen-bond acceptors (Lipinski definition) is 4. The number of alkyl carbamates (subject to hydrolysis) is 1. The fraction of sp³-hybridized carbons (Fsp3) is 0.467. The van der Waals surface area contributed by atoms with Crippen LogP contribution in [-0.4, -0.2) is 35.9 Å². The Morgan fingerprint density at radius 1 is 1.19 bits per heavy atom. The van der Waals surface area contributed by atoms with E-state index in [1.807, 2.05) is 0 Å². The number of carboxylic acids is 1. The molecule has 0 saturated carbocycles. The molecule has 0 bridgehead atoms. The average Bonchev–Trinajstić information content (AvgIpc) is 2.34. The molecule has 0 aliphatic carbocycles. The standard InChI is InChI=1S/C15H21NO5/c1-15(2,3)21-14(19)16-8-9-20-12-6-4-11(5-7-12)10-13(17)18/h4-7H,8-10H2,1-3H3,(H,16,19)(H,17,18). The van der Waals surface area contributed by atoms with Gasteiger partial charge in [0.2, 0.25) is 0 Å². The Hall–Kier alpha value is -2.24. The molecule has 6 nitrogen and oxygen atoms in total. The van der Waals surface area contributed by atoms with Gasteiger partial charge in [0.25, 0.3) is 0 Å². The first-order valence-electron chi connectivity index (χ1n) is 6.66. The summed E-state index contributed by atoms with van der Waals surface area (Å²) < 4.78 is 10.5. The molecule has 1 aromatic rings. The third-order valence-electron chi connectivity index (χ3n) is 2.32. The molecule has 6 heteroatoms. The summed E-state index contributed by atoms with van der Waals surface area (Å²) in [7, 11) is 0. The van der Waals surface area contributed by atoms with E-state index in [2.05, 4.69) is 5.32 Å². The van der Waals surface area contributed by atoms with Crippen molar-refractivity contribution in [2.24, 2.45) is 0 Å². The smallest absolute Gasteiger partial charge is 0.407 e. The number of hydrogen-bond donors (Lipinski definition) is 2. The van der Waals surface area contributed by atoms with Crippen LogP contribution in [0.5, 0.6) is 5.75 Å². The molecule has 0 heterocycles. The van der Waals surface area contributed by atoms with E-state index in [1.165, 1.54) is 0 Å². The van der Waals surface area contributed by atoms with Gasteiger partial charge in [-0.1, -0.05) is 12.1 Å². The van der Waals surface area contributed by atoms with Crippen molar-refractivity contribution < 1.29 is 24.2 Å². The molecule has 0 radical (unpaired) electrons. The van der Waals surface area contributed by atoms with Crippen LogP contribution in [0.3, 0.4) is 0 Å². The maximum absolute atomic E-state index is 11.4. The van der Waals surface area contributed by atoms with E-state index in [0.29, 0.717) is 24.5 Å². The first-order valence-corrected chi connectivity index (χ1v) is 6.66. The van der Waals surface area contributed by atoms with Gasteiger partial charge in [-0.25, -0.2) is 4.79 Å². The molecule has 0 unspecified atom stereocenters. The summed E-state index contributed by atoms with van der Waals surface area (Å²) in [5.74, 6) is -0.250. The van der Waals surface area contributed by atoms with Crippen molar-refractivity contribution in [3.63, 3.8) is 0 Å². The normalized spacial score (nSPS) is 10.8. The van der Waals surface area contributed by atoms with Gasteiger partial charge in [0.05, 0.1) is 13.0 Å². The molecule has 0 aliphatic heterocycles. The first-order chi connectivity index (χ1) is 9.76. The zero-order chi connectivity index (χ0) is 15.9. The number of aliphatic carboxylic acids is 1. The number of carboxylic acid groups (broad SMARTS) is 1. The van der Waals surface area contributed by atoms with Crippen molar-refractivity contribution in [3.05, 3.63) is 29.8 Å². The molecule has 1 amide bonds. The lowest BCUT2D eigenvalue weighted by atomic mass is 10.1. The Labute approximate surface area is 124 Å². The fourth-order valence-electron chi connectivity index (χ4n) is 1.51. The summed E-state index contributed by atoms with van der Waals surface area (Å²) in [5.41, 5.74) is 0.187. The quantitative estimate of drug-likeness (QED) is 0.786. The highest BCUT2D eigenvalue weighted by Crippen LogP contribution is 2.12. The zero-order valence-electron chi connectivity index (χ0n) is 12.5. The van der Waals surface area contributed by atoms with Crippen LogP contribution in [0.2, 0.25) is 0 Å². The van der Waals surface area contributed by atoms with Crippen LogP contribution < -0.4 is 10.1 Å². The van der Waals surface area contributed by atoms with E-state index in [1.54, 1.807) is 45.0 Å². The van der Waals surface area contributed by atoms with Crippen molar-refractivity contribution >= 4 is 12.1 Å². The van der Waals surface area contributed by atoms with E-state index in [-0.39, 0.29) is 6.42 Å². The van der Waals surface area contributed by atoms with Crippen molar-refractivity contribution in [1.29, 1.82) is 0 Å². The van der Waals surface area contributed by atoms with Gasteiger partial charge in [-0.2, -0.15) is 0 Å². The predicted molar refractivity (Wildman–Crippen MR) is 77.5 cm³/mol. The Bertz CT molecular complexity index is 476. The molecule has 0 aliphatic rings. The molecule has 21 heavy (non-hydrogen) atoms. The number of carbonyl (C=O) groups is 2. The average molecular weight is 295 g/mol. The Morgan fingerprint density at radius 2 is 1.81 bits per heavy atom. The van der Waals surface area contributed by atoms with Crippen molar-refractivity contribution in [1.82, 2.24) is 5.32 Å². The van der Waals surface area contributed by atoms with E-state index in [9.17, 15) is 9.59 Å². The molecular formula is C15H21NO5. The highest BCUT2D eigenvalue weighted by Gasteiger charge is 2.15. The van der Waals surface area contributed by atoms with Gasteiger partial charge in [-0.15, -0.1) is 0 Å². The van der Waals surface area contributed by atoms with E-state index in [0.717, 1.165) is 0 Å². The number of ether oxygens (including phenoxy) is 2. The molecule has 0 saturated heterocycles. The minimum Gasteiger partial charge on any atom is -0.492 e. The third-order valence-corrected chi connectivity index (χ3v) is 2.32. The van der Waals surface area contributed by atoms with Crippen molar-refractivity contribution in [3.8, 4) is 5.75 Å². The predicted octanol–water partition coefficient (Wildman–Crippen LogP) is 2.22. The maximum Gasteiger partial charge on any atom is 0.407 e. The lowest BCUT2D eigenvalue weighted by Crippen LogP contribution is -2.34. The molecule has 116 valence electrons. The van der Waals surface area contributed by atoms with Gasteiger partial charge in [0, 0.05) is 0 Å². The topological polar surface area (TPSA) is 84.9 Å². The second-order valence-corrected chi connectivity index (χ2v) is 5.49. The minimum absolute atomic E-state index is 0.0134. The number of nitrogens with one attached hydrogen (secondary N) is 1. The first kappa shape index (κ1) is 16.8. The molecule has 1 aromatic carbocycles. The van der Waals surface area contributed by atoms with Crippen molar-refractivity contribution in [2.75, 3.05) is 13.2 Å². The van der Waals surface area contributed by atoms with Gasteiger partial charge in [-0.3, -0.25) is 4.79 Å². The highest BCUT2D eigenvalue weighted by atomic mass is 16.6. The van der Waals surface area contributed by atoms with Crippen LogP contribution in [0.1, 0.15) is 26.3 Å². The summed E-state index contributed by atoms with van der Waals surface area (Å²) in [6.45, 7) is 6.01. The van der Waals surface area contributed by atoms with Crippen molar-refractivity contribution in [2.45, 2.75) is 32.8 Å². The minimum atomic E-state index is -0.870. The number of carbonyl (C=O) groups excluding carboxylic acids is 1. The molecule has 0 spiro atoms. The Balaban J connectivity index is 2.27. The van der Waals surface area contributed by atoms with Gasteiger partial charge in [-0.05, 0) is 38.5 Å². The molecule has 0 fully saturated rings. The molecule has 0 atom stereocenters. The Morgan fingerprint density at radius 3 is 2.33 bits per heavy atom. The van der Waals surface area contributed by atoms with Gasteiger partial charge >= 0.3 is 12.1 Å². The monoisotopic (exact) mass is 295 g/mol. The second-order valence-electron chi connectivity index (χ2n) is 5.49. The SMILES string of the molecule is CC(C)(C)OC(=O)NCCOc1ccc(CC(=O)O)cc1. The van der Waals surface area contributed by atoms with E-state index >= 15 is 0 Å². The van der Waals surface area contributed by atoms with Crippen LogP contribution in [-0.2, 0) is 16.0 Å². The van der Waals surface area contributed by atoms with Gasteiger partial charge in [0.1, 0.15) is 18.0 Å². The lowest BCUT2D eigenvalue weighted by molar-refractivity contribution is -0.136. The number of amides is 1. The molecule has 1 rings (SSSR count). The molecule has 0 aromatic heterocycles. The Kier molecular flexibility index (Phi) is 6.02. The van der Waals surface area contributed by atoms with Crippen LogP contribution >= 0.6 is 0 Å². The summed E-state index contributed by atoms with van der Waals surface area (Å²) in [6, 6.07) is 6.80. The summed E-state index contributed by atoms with van der Waals surface area (Å²) in [4.78, 5) is 21.9. The van der Waals surface area contributed by atoms with Crippen LogP contribution in [0.25, 0.3) is 0 Å². The summed E-state index contributed by atoms with van der Waals surface area (Å²) in [6.07, 6.45) is -0.497. The molecule has 2 N–H and O–H groups in total. The summed E-state index contributed by atoms with van der Waals surface area (Å²) >= 11 is 0. The van der Waals surface area contributed by atoms with Gasteiger partial charge in [0.15, 0.2) is 0 Å². The zero-order valence-corrected chi connectivity index (χ0v) is 12.5. The largest absolute Gasteiger partial charge is 0.492 e. The fourth-order valence-corrected chi connectivity index (χ4v) is 1.51. The van der Waals surface area contributed by atoms with Crippen LogP contribution in [0.4, 0.5) is 4.79 Å². The lowest BCUT2D eigenvalue weighted by Gasteiger charge is -2.19. The third kappa shape index (κ3) is 7.81. The number of rotatable bonds is 6.